The number of rotatable bonds is 2. The summed E-state index contributed by atoms with van der Waals surface area (Å²) in [5.41, 5.74) is 7.69. The monoisotopic (exact) mass is 239 g/mol. The van der Waals surface area contributed by atoms with Crippen LogP contribution in [0.4, 0.5) is 0 Å². The summed E-state index contributed by atoms with van der Waals surface area (Å²) in [5, 5.41) is 10.8. The predicted octanol–water partition coefficient (Wildman–Crippen LogP) is 3.12. The fraction of sp³-hybridized carbons (Fsp3) is 0.538. The topological polar surface area (TPSA) is 46.2 Å². The van der Waals surface area contributed by atoms with Crippen LogP contribution in [0.3, 0.4) is 0 Å². The molecule has 0 heterocycles. The third-order valence-electron chi connectivity index (χ3n) is 3.80. The molecule has 16 heavy (non-hydrogen) atoms. The molecule has 1 fully saturated rings. The number of hydrogen-bond donors (Lipinski definition) is 2. The molecule has 88 valence electrons. The standard InChI is InChI=1S/C13H18ClNO/c1-9-6-12(16)10(7-11(9)14)13(8-15)4-2-3-5-13/h6-7,16H,2-5,8,15H2,1H3. The lowest BCUT2D eigenvalue weighted by molar-refractivity contribution is 0.405. The molecule has 2 rings (SSSR count). The number of halogens is 1. The predicted molar refractivity (Wildman–Crippen MR) is 67.1 cm³/mol. The lowest BCUT2D eigenvalue weighted by Gasteiger charge is -2.29. The number of aryl methyl sites for hydroxylation is 1. The minimum atomic E-state index is -0.0541. The number of phenols is 1. The fourth-order valence-electron chi connectivity index (χ4n) is 2.73. The highest BCUT2D eigenvalue weighted by Crippen LogP contribution is 2.45. The van der Waals surface area contributed by atoms with Gasteiger partial charge in [0, 0.05) is 22.5 Å². The van der Waals surface area contributed by atoms with E-state index in [1.165, 1.54) is 12.8 Å². The molecule has 1 aromatic rings. The van der Waals surface area contributed by atoms with Gasteiger partial charge < -0.3 is 10.8 Å². The molecule has 1 saturated carbocycles. The number of aromatic hydroxyl groups is 1. The first-order valence-corrected chi connectivity index (χ1v) is 6.16. The normalized spacial score (nSPS) is 18.9. The van der Waals surface area contributed by atoms with E-state index in [1.54, 1.807) is 6.07 Å². The molecule has 0 atom stereocenters. The van der Waals surface area contributed by atoms with Gasteiger partial charge in [-0.2, -0.15) is 0 Å². The van der Waals surface area contributed by atoms with Gasteiger partial charge in [0.25, 0.3) is 0 Å². The first kappa shape index (κ1) is 11.7. The van der Waals surface area contributed by atoms with Crippen molar-refractivity contribution < 1.29 is 5.11 Å². The van der Waals surface area contributed by atoms with E-state index in [2.05, 4.69) is 0 Å². The summed E-state index contributed by atoms with van der Waals surface area (Å²) in [6.45, 7) is 2.48. The molecule has 1 aliphatic carbocycles. The van der Waals surface area contributed by atoms with Gasteiger partial charge in [-0.05, 0) is 37.5 Å². The zero-order valence-electron chi connectivity index (χ0n) is 9.59. The van der Waals surface area contributed by atoms with Gasteiger partial charge >= 0.3 is 0 Å². The van der Waals surface area contributed by atoms with Gasteiger partial charge in [0.15, 0.2) is 0 Å². The second kappa shape index (κ2) is 4.27. The molecule has 0 radical (unpaired) electrons. The molecule has 0 saturated heterocycles. The molecule has 1 aliphatic rings. The second-order valence-electron chi connectivity index (χ2n) is 4.81. The Morgan fingerprint density at radius 2 is 2.00 bits per heavy atom. The van der Waals surface area contributed by atoms with E-state index in [1.807, 2.05) is 13.0 Å². The molecule has 2 nitrogen and oxygen atoms in total. The molecule has 1 aromatic carbocycles. The smallest absolute Gasteiger partial charge is 0.119 e. The highest BCUT2D eigenvalue weighted by molar-refractivity contribution is 6.31. The Bertz CT molecular complexity index is 397. The van der Waals surface area contributed by atoms with Crippen LogP contribution in [0.2, 0.25) is 5.02 Å². The maximum atomic E-state index is 10.1. The first-order valence-electron chi connectivity index (χ1n) is 5.79. The van der Waals surface area contributed by atoms with Crippen molar-refractivity contribution in [2.75, 3.05) is 6.54 Å². The van der Waals surface area contributed by atoms with Crippen LogP contribution in [0.5, 0.6) is 5.75 Å². The molecule has 3 N–H and O–H groups in total. The molecule has 0 aliphatic heterocycles. The van der Waals surface area contributed by atoms with Crippen molar-refractivity contribution in [2.45, 2.75) is 38.0 Å². The summed E-state index contributed by atoms with van der Waals surface area (Å²) in [7, 11) is 0. The molecule has 0 bridgehead atoms. The first-order chi connectivity index (χ1) is 7.59. The Morgan fingerprint density at radius 1 is 1.38 bits per heavy atom. The van der Waals surface area contributed by atoms with E-state index in [4.69, 9.17) is 17.3 Å². The van der Waals surface area contributed by atoms with E-state index in [0.29, 0.717) is 17.3 Å². The summed E-state index contributed by atoms with van der Waals surface area (Å²) in [6.07, 6.45) is 4.47. The van der Waals surface area contributed by atoms with Crippen molar-refractivity contribution in [3.05, 3.63) is 28.3 Å². The zero-order valence-corrected chi connectivity index (χ0v) is 10.3. The van der Waals surface area contributed by atoms with E-state index in [-0.39, 0.29) is 5.41 Å². The van der Waals surface area contributed by atoms with Gasteiger partial charge in [0.05, 0.1) is 0 Å². The van der Waals surface area contributed by atoms with Crippen LogP contribution >= 0.6 is 11.6 Å². The average Bonchev–Trinajstić information content (AvgIpc) is 2.73. The largest absolute Gasteiger partial charge is 0.508 e. The summed E-state index contributed by atoms with van der Waals surface area (Å²) >= 11 is 6.13. The van der Waals surface area contributed by atoms with E-state index in [9.17, 15) is 5.11 Å². The van der Waals surface area contributed by atoms with Crippen molar-refractivity contribution in [2.24, 2.45) is 5.73 Å². The van der Waals surface area contributed by atoms with Crippen molar-refractivity contribution in [1.29, 1.82) is 0 Å². The lowest BCUT2D eigenvalue weighted by atomic mass is 9.78. The molecule has 0 spiro atoms. The third-order valence-corrected chi connectivity index (χ3v) is 4.21. The second-order valence-corrected chi connectivity index (χ2v) is 5.22. The highest BCUT2D eigenvalue weighted by atomic mass is 35.5. The van der Waals surface area contributed by atoms with Crippen LogP contribution in [0.25, 0.3) is 0 Å². The minimum absolute atomic E-state index is 0.0541. The van der Waals surface area contributed by atoms with Crippen LogP contribution in [0.15, 0.2) is 12.1 Å². The maximum Gasteiger partial charge on any atom is 0.119 e. The summed E-state index contributed by atoms with van der Waals surface area (Å²) in [4.78, 5) is 0. The van der Waals surface area contributed by atoms with Crippen molar-refractivity contribution >= 4 is 11.6 Å². The number of nitrogens with two attached hydrogens (primary N) is 1. The SMILES string of the molecule is Cc1cc(O)c(C2(CN)CCCC2)cc1Cl. The third kappa shape index (κ3) is 1.80. The van der Waals surface area contributed by atoms with Crippen LogP contribution in [-0.4, -0.2) is 11.7 Å². The van der Waals surface area contributed by atoms with E-state index in [0.717, 1.165) is 24.0 Å². The molecular weight excluding hydrogens is 222 g/mol. The molecule has 0 unspecified atom stereocenters. The molecular formula is C13H18ClNO. The Kier molecular flexibility index (Phi) is 3.13. The van der Waals surface area contributed by atoms with Gasteiger partial charge in [-0.15, -0.1) is 0 Å². The summed E-state index contributed by atoms with van der Waals surface area (Å²) in [5.74, 6) is 0.342. The van der Waals surface area contributed by atoms with Crippen molar-refractivity contribution in [3.8, 4) is 5.75 Å². The number of hydrogen-bond acceptors (Lipinski definition) is 2. The van der Waals surface area contributed by atoms with Gasteiger partial charge in [0.1, 0.15) is 5.75 Å². The fourth-order valence-corrected chi connectivity index (χ4v) is 2.89. The summed E-state index contributed by atoms with van der Waals surface area (Å²) in [6, 6.07) is 3.64. The Hall–Kier alpha value is -0.730. The van der Waals surface area contributed by atoms with Crippen LogP contribution in [0, 0.1) is 6.92 Å². The average molecular weight is 240 g/mol. The quantitative estimate of drug-likeness (QED) is 0.833. The van der Waals surface area contributed by atoms with Crippen LogP contribution < -0.4 is 5.73 Å². The van der Waals surface area contributed by atoms with Crippen molar-refractivity contribution in [1.82, 2.24) is 0 Å². The maximum absolute atomic E-state index is 10.1. The molecule has 0 aromatic heterocycles. The minimum Gasteiger partial charge on any atom is -0.508 e. The Morgan fingerprint density at radius 3 is 2.56 bits per heavy atom. The van der Waals surface area contributed by atoms with Crippen molar-refractivity contribution in [3.63, 3.8) is 0 Å². The lowest BCUT2D eigenvalue weighted by Crippen LogP contribution is -2.32. The summed E-state index contributed by atoms with van der Waals surface area (Å²) < 4.78 is 0. The number of benzene rings is 1. The van der Waals surface area contributed by atoms with E-state index >= 15 is 0 Å². The Labute approximate surface area is 101 Å². The molecule has 0 amide bonds. The van der Waals surface area contributed by atoms with Gasteiger partial charge in [-0.1, -0.05) is 24.4 Å². The zero-order chi connectivity index (χ0) is 11.8. The van der Waals surface area contributed by atoms with Gasteiger partial charge in [-0.3, -0.25) is 0 Å². The van der Waals surface area contributed by atoms with Gasteiger partial charge in [0.2, 0.25) is 0 Å². The van der Waals surface area contributed by atoms with Gasteiger partial charge in [-0.25, -0.2) is 0 Å². The molecule has 3 heteroatoms. The van der Waals surface area contributed by atoms with Crippen LogP contribution in [0.1, 0.15) is 36.8 Å². The highest BCUT2D eigenvalue weighted by Gasteiger charge is 2.36. The Balaban J connectivity index is 2.50. The number of phenolic OH excluding ortho intramolecular Hbond substituents is 1. The van der Waals surface area contributed by atoms with Crippen LogP contribution in [-0.2, 0) is 5.41 Å². The van der Waals surface area contributed by atoms with E-state index < -0.39 is 0 Å².